The van der Waals surface area contributed by atoms with Crippen molar-refractivity contribution in [3.05, 3.63) is 33.3 Å². The van der Waals surface area contributed by atoms with Gasteiger partial charge >= 0.3 is 12.1 Å². The third-order valence-electron chi connectivity index (χ3n) is 1.93. The van der Waals surface area contributed by atoms with Crippen LogP contribution >= 0.6 is 15.9 Å². The minimum absolute atomic E-state index is 0.0456. The number of carbonyl (C=O) groups is 1. The van der Waals surface area contributed by atoms with Crippen molar-refractivity contribution in [2.45, 2.75) is 6.18 Å². The molecule has 0 heterocycles. The highest BCUT2D eigenvalue weighted by molar-refractivity contribution is 9.10. The molecule has 0 aliphatic carbocycles. The van der Waals surface area contributed by atoms with E-state index in [0.29, 0.717) is 0 Å². The number of alkyl halides is 3. The van der Waals surface area contributed by atoms with Crippen LogP contribution in [0.5, 0.6) is 0 Å². The van der Waals surface area contributed by atoms with Crippen LogP contribution in [0.2, 0.25) is 0 Å². The molecule has 7 heteroatoms. The summed E-state index contributed by atoms with van der Waals surface area (Å²) >= 11 is 2.85. The van der Waals surface area contributed by atoms with Gasteiger partial charge in [0.2, 0.25) is 0 Å². The Morgan fingerprint density at radius 2 is 2.06 bits per heavy atom. The van der Waals surface area contributed by atoms with E-state index in [1.807, 2.05) is 0 Å². The van der Waals surface area contributed by atoms with Crippen LogP contribution < -0.4 is 0 Å². The molecular weight excluding hydrogens is 303 g/mol. The lowest BCUT2D eigenvalue weighted by molar-refractivity contribution is -0.137. The highest BCUT2D eigenvalue weighted by atomic mass is 79.9. The number of halogens is 4. The Bertz CT molecular complexity index is 505. The maximum absolute atomic E-state index is 12.6. The Morgan fingerprint density at radius 1 is 1.47 bits per heavy atom. The summed E-state index contributed by atoms with van der Waals surface area (Å²) in [4.78, 5) is 11.3. The quantitative estimate of drug-likeness (QED) is 0.749. The fraction of sp³-hybridized carbons (Fsp3) is 0.200. The summed E-state index contributed by atoms with van der Waals surface area (Å²) in [5.74, 6) is -0.992. The third-order valence-corrected chi connectivity index (χ3v) is 2.38. The van der Waals surface area contributed by atoms with Crippen molar-refractivity contribution in [2.24, 2.45) is 0 Å². The first-order valence-electron chi connectivity index (χ1n) is 4.20. The zero-order valence-corrected chi connectivity index (χ0v) is 10.0. The Kier molecular flexibility index (Phi) is 3.78. The lowest BCUT2D eigenvalue weighted by atomic mass is 10.0. The Hall–Kier alpha value is -1.55. The average Bonchev–Trinajstić information content (AvgIpc) is 2.25. The van der Waals surface area contributed by atoms with Crippen molar-refractivity contribution in [1.82, 2.24) is 0 Å². The number of nitrogens with zero attached hydrogens (tertiary/aromatic N) is 1. The monoisotopic (exact) mass is 307 g/mol. The van der Waals surface area contributed by atoms with E-state index in [2.05, 4.69) is 20.7 Å². The van der Waals surface area contributed by atoms with Crippen LogP contribution in [-0.2, 0) is 10.9 Å². The van der Waals surface area contributed by atoms with Crippen LogP contribution in [0.1, 0.15) is 21.5 Å². The lowest BCUT2D eigenvalue weighted by Crippen LogP contribution is -2.13. The molecule has 0 aromatic heterocycles. The van der Waals surface area contributed by atoms with Gasteiger partial charge in [0.05, 0.1) is 23.8 Å². The SMILES string of the molecule is COC(=O)c1cc(Br)cc(C(F)(F)F)c1C#N. The molecule has 0 aliphatic heterocycles. The van der Waals surface area contributed by atoms with Gasteiger partial charge in [-0.3, -0.25) is 0 Å². The maximum atomic E-state index is 12.6. The Balaban J connectivity index is 3.59. The summed E-state index contributed by atoms with van der Waals surface area (Å²) in [5.41, 5.74) is -2.33. The molecule has 0 fully saturated rings. The number of methoxy groups -OCH3 is 1. The second-order valence-corrected chi connectivity index (χ2v) is 3.89. The second-order valence-electron chi connectivity index (χ2n) is 2.98. The molecule has 3 nitrogen and oxygen atoms in total. The first-order chi connectivity index (χ1) is 7.81. The first-order valence-corrected chi connectivity index (χ1v) is 4.99. The third kappa shape index (κ3) is 2.77. The van der Waals surface area contributed by atoms with Gasteiger partial charge in [-0.2, -0.15) is 18.4 Å². The van der Waals surface area contributed by atoms with Crippen molar-refractivity contribution in [1.29, 1.82) is 5.26 Å². The molecule has 0 saturated carbocycles. The smallest absolute Gasteiger partial charge is 0.417 e. The molecule has 0 atom stereocenters. The molecule has 17 heavy (non-hydrogen) atoms. The molecule has 0 N–H and O–H groups in total. The number of rotatable bonds is 1. The molecule has 0 bridgehead atoms. The van der Waals surface area contributed by atoms with Gasteiger partial charge in [-0.15, -0.1) is 0 Å². The molecule has 1 aromatic carbocycles. The predicted octanol–water partition coefficient (Wildman–Crippen LogP) is 3.13. The van der Waals surface area contributed by atoms with Crippen LogP contribution in [0.3, 0.4) is 0 Å². The fourth-order valence-corrected chi connectivity index (χ4v) is 1.68. The van der Waals surface area contributed by atoms with Crippen LogP contribution in [0, 0.1) is 11.3 Å². The van der Waals surface area contributed by atoms with Crippen LogP contribution in [0.15, 0.2) is 16.6 Å². The summed E-state index contributed by atoms with van der Waals surface area (Å²) in [6, 6.07) is 3.22. The van der Waals surface area contributed by atoms with E-state index in [9.17, 15) is 18.0 Å². The fourth-order valence-electron chi connectivity index (χ4n) is 1.22. The van der Waals surface area contributed by atoms with Gasteiger partial charge in [0.25, 0.3) is 0 Å². The van der Waals surface area contributed by atoms with Crippen LogP contribution in [0.4, 0.5) is 13.2 Å². The molecule has 1 rings (SSSR count). The van der Waals surface area contributed by atoms with Crippen molar-refractivity contribution in [3.63, 3.8) is 0 Å². The molecule has 0 amide bonds. The van der Waals surface area contributed by atoms with Gasteiger partial charge in [0.15, 0.2) is 0 Å². The summed E-state index contributed by atoms with van der Waals surface area (Å²) in [7, 11) is 1.03. The summed E-state index contributed by atoms with van der Waals surface area (Å²) in [6.45, 7) is 0. The molecule has 90 valence electrons. The molecular formula is C10H5BrF3NO2. The van der Waals surface area contributed by atoms with Gasteiger partial charge in [-0.25, -0.2) is 4.79 Å². The molecule has 1 aromatic rings. The van der Waals surface area contributed by atoms with E-state index in [1.165, 1.54) is 6.07 Å². The van der Waals surface area contributed by atoms with Gasteiger partial charge in [-0.1, -0.05) is 15.9 Å². The number of ether oxygens (including phenoxy) is 1. The number of carbonyl (C=O) groups excluding carboxylic acids is 1. The second kappa shape index (κ2) is 4.75. The van der Waals surface area contributed by atoms with E-state index in [-0.39, 0.29) is 4.47 Å². The standard InChI is InChI=1S/C10H5BrF3NO2/c1-17-9(16)6-2-5(11)3-8(7(6)4-15)10(12,13)14/h2-3H,1H3. The zero-order chi connectivity index (χ0) is 13.2. The molecule has 0 radical (unpaired) electrons. The number of benzene rings is 1. The number of hydrogen-bond donors (Lipinski definition) is 0. The Labute approximate surface area is 103 Å². The highest BCUT2D eigenvalue weighted by Gasteiger charge is 2.36. The minimum Gasteiger partial charge on any atom is -0.465 e. The molecule has 0 unspecified atom stereocenters. The normalized spacial score (nSPS) is 10.8. The number of esters is 1. The summed E-state index contributed by atoms with van der Waals surface area (Å²) < 4.78 is 42.3. The zero-order valence-electron chi connectivity index (χ0n) is 8.43. The number of nitriles is 1. The topological polar surface area (TPSA) is 50.1 Å². The van der Waals surface area contributed by atoms with E-state index in [1.54, 1.807) is 0 Å². The van der Waals surface area contributed by atoms with Crippen molar-refractivity contribution < 1.29 is 22.7 Å². The van der Waals surface area contributed by atoms with E-state index < -0.39 is 28.8 Å². The van der Waals surface area contributed by atoms with Crippen LogP contribution in [-0.4, -0.2) is 13.1 Å². The molecule has 0 spiro atoms. The van der Waals surface area contributed by atoms with Gasteiger partial charge in [0.1, 0.15) is 6.07 Å². The average molecular weight is 308 g/mol. The summed E-state index contributed by atoms with van der Waals surface area (Å²) in [6.07, 6.45) is -4.71. The highest BCUT2D eigenvalue weighted by Crippen LogP contribution is 2.35. The van der Waals surface area contributed by atoms with E-state index >= 15 is 0 Å². The largest absolute Gasteiger partial charge is 0.465 e. The first kappa shape index (κ1) is 13.5. The maximum Gasteiger partial charge on any atom is 0.417 e. The van der Waals surface area contributed by atoms with Gasteiger partial charge in [0, 0.05) is 4.47 Å². The van der Waals surface area contributed by atoms with Crippen LogP contribution in [0.25, 0.3) is 0 Å². The minimum atomic E-state index is -4.71. The van der Waals surface area contributed by atoms with Crippen molar-refractivity contribution in [2.75, 3.05) is 7.11 Å². The predicted molar refractivity (Wildman–Crippen MR) is 55.2 cm³/mol. The molecule has 0 saturated heterocycles. The van der Waals surface area contributed by atoms with E-state index in [4.69, 9.17) is 5.26 Å². The van der Waals surface area contributed by atoms with E-state index in [0.717, 1.165) is 19.2 Å². The number of hydrogen-bond acceptors (Lipinski definition) is 3. The van der Waals surface area contributed by atoms with Gasteiger partial charge < -0.3 is 4.74 Å². The molecule has 0 aliphatic rings. The Morgan fingerprint density at radius 3 is 2.47 bits per heavy atom. The lowest BCUT2D eigenvalue weighted by Gasteiger charge is -2.12. The van der Waals surface area contributed by atoms with Crippen molar-refractivity contribution in [3.8, 4) is 6.07 Å². The summed E-state index contributed by atoms with van der Waals surface area (Å²) in [5, 5.41) is 8.72. The van der Waals surface area contributed by atoms with Crippen molar-refractivity contribution >= 4 is 21.9 Å². The van der Waals surface area contributed by atoms with Gasteiger partial charge in [-0.05, 0) is 12.1 Å².